The Morgan fingerprint density at radius 1 is 1.32 bits per heavy atom. The van der Waals surface area contributed by atoms with Gasteiger partial charge >= 0.3 is 0 Å². The number of hydrogen-bond acceptors (Lipinski definition) is 2. The van der Waals surface area contributed by atoms with Crippen LogP contribution in [0, 0.1) is 17.0 Å². The quantitative estimate of drug-likeness (QED) is 0.882. The molecule has 0 spiro atoms. The van der Waals surface area contributed by atoms with Crippen LogP contribution in [0.4, 0.5) is 8.78 Å². The summed E-state index contributed by atoms with van der Waals surface area (Å²) in [5.74, 6) is -2.02. The molecule has 5 heteroatoms. The SMILES string of the molecule is CC(C)(C)C(N)CC(=O)NCc1ccc(F)c(F)c1. The van der Waals surface area contributed by atoms with Crippen molar-refractivity contribution in [1.29, 1.82) is 0 Å². The van der Waals surface area contributed by atoms with Crippen LogP contribution in [-0.2, 0) is 11.3 Å². The fourth-order valence-corrected chi connectivity index (χ4v) is 1.43. The van der Waals surface area contributed by atoms with E-state index in [9.17, 15) is 13.6 Å². The van der Waals surface area contributed by atoms with Gasteiger partial charge in [0.25, 0.3) is 0 Å². The van der Waals surface area contributed by atoms with E-state index in [1.54, 1.807) is 0 Å². The maximum Gasteiger partial charge on any atom is 0.221 e. The number of nitrogens with two attached hydrogens (primary N) is 1. The molecule has 0 aliphatic carbocycles. The van der Waals surface area contributed by atoms with Crippen molar-refractivity contribution in [2.75, 3.05) is 0 Å². The third-order valence-electron chi connectivity index (χ3n) is 2.99. The lowest BCUT2D eigenvalue weighted by atomic mass is 9.85. The van der Waals surface area contributed by atoms with Crippen molar-refractivity contribution in [2.24, 2.45) is 11.1 Å². The standard InChI is InChI=1S/C14H20F2N2O/c1-14(2,3)12(17)7-13(19)18-8-9-4-5-10(15)11(16)6-9/h4-6,12H,7-8,17H2,1-3H3,(H,18,19). The summed E-state index contributed by atoms with van der Waals surface area (Å²) >= 11 is 0. The van der Waals surface area contributed by atoms with Crippen molar-refractivity contribution in [1.82, 2.24) is 5.32 Å². The van der Waals surface area contributed by atoms with Crippen LogP contribution < -0.4 is 11.1 Å². The number of carbonyl (C=O) groups excluding carboxylic acids is 1. The maximum absolute atomic E-state index is 13.0. The highest BCUT2D eigenvalue weighted by molar-refractivity contribution is 5.76. The fourth-order valence-electron chi connectivity index (χ4n) is 1.43. The molecule has 1 aromatic carbocycles. The summed E-state index contributed by atoms with van der Waals surface area (Å²) in [4.78, 5) is 11.7. The van der Waals surface area contributed by atoms with Gasteiger partial charge in [0.1, 0.15) is 0 Å². The Bertz CT molecular complexity index is 455. The van der Waals surface area contributed by atoms with Gasteiger partial charge in [-0.15, -0.1) is 0 Å². The Balaban J connectivity index is 2.48. The van der Waals surface area contributed by atoms with Crippen LogP contribution in [0.1, 0.15) is 32.8 Å². The first kappa shape index (κ1) is 15.6. The molecule has 1 atom stereocenters. The number of hydrogen-bond donors (Lipinski definition) is 2. The van der Waals surface area contributed by atoms with E-state index in [0.717, 1.165) is 12.1 Å². The normalized spacial score (nSPS) is 13.2. The van der Waals surface area contributed by atoms with Crippen molar-refractivity contribution < 1.29 is 13.6 Å². The molecule has 1 aromatic rings. The molecule has 0 bridgehead atoms. The second kappa shape index (κ2) is 6.10. The molecule has 19 heavy (non-hydrogen) atoms. The summed E-state index contributed by atoms with van der Waals surface area (Å²) in [5, 5.41) is 2.64. The number of halogens is 2. The summed E-state index contributed by atoms with van der Waals surface area (Å²) in [6, 6.07) is 3.29. The van der Waals surface area contributed by atoms with Gasteiger partial charge in [0, 0.05) is 19.0 Å². The van der Waals surface area contributed by atoms with Crippen molar-refractivity contribution in [3.8, 4) is 0 Å². The Hall–Kier alpha value is -1.49. The number of amides is 1. The number of rotatable bonds is 4. The zero-order valence-corrected chi connectivity index (χ0v) is 11.5. The lowest BCUT2D eigenvalue weighted by molar-refractivity contribution is -0.122. The molecule has 3 N–H and O–H groups in total. The van der Waals surface area contributed by atoms with E-state index in [0.29, 0.717) is 5.56 Å². The third-order valence-corrected chi connectivity index (χ3v) is 2.99. The molecule has 3 nitrogen and oxygen atoms in total. The van der Waals surface area contributed by atoms with Gasteiger partial charge in [0.15, 0.2) is 11.6 Å². The summed E-state index contributed by atoms with van der Waals surface area (Å²) < 4.78 is 25.7. The van der Waals surface area contributed by atoms with E-state index < -0.39 is 11.6 Å². The Morgan fingerprint density at radius 3 is 2.47 bits per heavy atom. The van der Waals surface area contributed by atoms with Crippen LogP contribution in [-0.4, -0.2) is 11.9 Å². The summed E-state index contributed by atoms with van der Waals surface area (Å²) in [7, 11) is 0. The molecule has 0 radical (unpaired) electrons. The maximum atomic E-state index is 13.0. The molecule has 1 rings (SSSR count). The first-order valence-electron chi connectivity index (χ1n) is 6.16. The van der Waals surface area contributed by atoms with Crippen LogP contribution in [0.5, 0.6) is 0 Å². The Labute approximate surface area is 112 Å². The second-order valence-corrected chi connectivity index (χ2v) is 5.70. The van der Waals surface area contributed by atoms with Crippen molar-refractivity contribution in [2.45, 2.75) is 39.8 Å². The minimum Gasteiger partial charge on any atom is -0.352 e. The highest BCUT2D eigenvalue weighted by Crippen LogP contribution is 2.19. The summed E-state index contributed by atoms with van der Waals surface area (Å²) in [6.07, 6.45) is 0.202. The number of carbonyl (C=O) groups is 1. The van der Waals surface area contributed by atoms with Gasteiger partial charge < -0.3 is 11.1 Å². The second-order valence-electron chi connectivity index (χ2n) is 5.70. The van der Waals surface area contributed by atoms with Crippen LogP contribution >= 0.6 is 0 Å². The van der Waals surface area contributed by atoms with Crippen molar-refractivity contribution >= 4 is 5.91 Å². The molecule has 0 fully saturated rings. The van der Waals surface area contributed by atoms with Gasteiger partial charge in [-0.25, -0.2) is 8.78 Å². The van der Waals surface area contributed by atoms with Gasteiger partial charge in [0.05, 0.1) is 0 Å². The molecule has 0 saturated heterocycles. The molecular weight excluding hydrogens is 250 g/mol. The fraction of sp³-hybridized carbons (Fsp3) is 0.500. The van der Waals surface area contributed by atoms with Gasteiger partial charge in [-0.2, -0.15) is 0 Å². The minimum atomic E-state index is -0.918. The lowest BCUT2D eigenvalue weighted by Crippen LogP contribution is -2.40. The van der Waals surface area contributed by atoms with E-state index in [4.69, 9.17) is 5.73 Å². The van der Waals surface area contributed by atoms with E-state index in [1.807, 2.05) is 20.8 Å². The van der Waals surface area contributed by atoms with Crippen LogP contribution in [0.25, 0.3) is 0 Å². The molecule has 0 heterocycles. The molecule has 0 aliphatic rings. The molecule has 106 valence electrons. The number of nitrogens with one attached hydrogen (secondary N) is 1. The Kier molecular flexibility index (Phi) is 5.00. The molecule has 1 unspecified atom stereocenters. The summed E-state index contributed by atoms with van der Waals surface area (Å²) in [5.41, 5.74) is 6.25. The molecular formula is C14H20F2N2O. The summed E-state index contributed by atoms with van der Waals surface area (Å²) in [6.45, 7) is 6.04. The van der Waals surface area contributed by atoms with E-state index >= 15 is 0 Å². The first-order valence-corrected chi connectivity index (χ1v) is 6.16. The third kappa shape index (κ3) is 4.95. The van der Waals surface area contributed by atoms with E-state index in [1.165, 1.54) is 6.07 Å². The van der Waals surface area contributed by atoms with Gasteiger partial charge in [-0.1, -0.05) is 26.8 Å². The predicted molar refractivity (Wildman–Crippen MR) is 70.3 cm³/mol. The average Bonchev–Trinajstić information content (AvgIpc) is 2.29. The van der Waals surface area contributed by atoms with E-state index in [-0.39, 0.29) is 30.3 Å². The van der Waals surface area contributed by atoms with Crippen molar-refractivity contribution in [3.05, 3.63) is 35.4 Å². The number of benzene rings is 1. The first-order chi connectivity index (χ1) is 8.70. The van der Waals surface area contributed by atoms with Gasteiger partial charge in [-0.3, -0.25) is 4.79 Å². The predicted octanol–water partition coefficient (Wildman–Crippen LogP) is 2.34. The highest BCUT2D eigenvalue weighted by atomic mass is 19.2. The average molecular weight is 270 g/mol. The largest absolute Gasteiger partial charge is 0.352 e. The smallest absolute Gasteiger partial charge is 0.221 e. The van der Waals surface area contributed by atoms with Gasteiger partial charge in [0.2, 0.25) is 5.91 Å². The zero-order chi connectivity index (χ0) is 14.6. The van der Waals surface area contributed by atoms with Crippen LogP contribution in [0.3, 0.4) is 0 Å². The topological polar surface area (TPSA) is 55.1 Å². The lowest BCUT2D eigenvalue weighted by Gasteiger charge is -2.26. The van der Waals surface area contributed by atoms with Gasteiger partial charge in [-0.05, 0) is 23.1 Å². The molecule has 0 aromatic heterocycles. The minimum absolute atomic E-state index is 0.153. The zero-order valence-electron chi connectivity index (χ0n) is 11.5. The monoisotopic (exact) mass is 270 g/mol. The van der Waals surface area contributed by atoms with Crippen molar-refractivity contribution in [3.63, 3.8) is 0 Å². The molecule has 0 aliphatic heterocycles. The molecule has 1 amide bonds. The molecule has 0 saturated carbocycles. The highest BCUT2D eigenvalue weighted by Gasteiger charge is 2.22. The van der Waals surface area contributed by atoms with E-state index in [2.05, 4.69) is 5.32 Å². The van der Waals surface area contributed by atoms with Crippen LogP contribution in [0.2, 0.25) is 0 Å². The Morgan fingerprint density at radius 2 is 1.95 bits per heavy atom. The van der Waals surface area contributed by atoms with Crippen LogP contribution in [0.15, 0.2) is 18.2 Å².